The second-order valence-corrected chi connectivity index (χ2v) is 10.7. The van der Waals surface area contributed by atoms with E-state index >= 15 is 0 Å². The van der Waals surface area contributed by atoms with Gasteiger partial charge in [0, 0.05) is 37.9 Å². The van der Waals surface area contributed by atoms with E-state index < -0.39 is 5.97 Å². The molecule has 210 valence electrons. The van der Waals surface area contributed by atoms with Crippen molar-refractivity contribution in [2.45, 2.75) is 128 Å². The summed E-state index contributed by atoms with van der Waals surface area (Å²) in [5, 5.41) is 8.83. The number of ketones is 1. The van der Waals surface area contributed by atoms with Crippen LogP contribution in [0.15, 0.2) is 24.3 Å². The highest BCUT2D eigenvalue weighted by atomic mass is 16.7. The van der Waals surface area contributed by atoms with Crippen LogP contribution in [0.4, 0.5) is 0 Å². The number of carboxylic acid groups (broad SMARTS) is 1. The Bertz CT molecular complexity index is 721. The van der Waals surface area contributed by atoms with E-state index in [-0.39, 0.29) is 48.8 Å². The second-order valence-electron chi connectivity index (χ2n) is 10.7. The molecule has 2 unspecified atom stereocenters. The Morgan fingerprint density at radius 3 is 2.49 bits per heavy atom. The number of hydrogen-bond donors (Lipinski definition) is 1. The summed E-state index contributed by atoms with van der Waals surface area (Å²) in [6.45, 7) is 3.67. The lowest BCUT2D eigenvalue weighted by Crippen LogP contribution is -2.31. The van der Waals surface area contributed by atoms with Crippen molar-refractivity contribution in [2.75, 3.05) is 13.2 Å². The Labute approximate surface area is 222 Å². The Morgan fingerprint density at radius 1 is 1.05 bits per heavy atom. The van der Waals surface area contributed by atoms with E-state index in [0.717, 1.165) is 64.4 Å². The number of ether oxygens (including phenoxy) is 4. The predicted molar refractivity (Wildman–Crippen MR) is 142 cm³/mol. The maximum Gasteiger partial charge on any atom is 0.303 e. The van der Waals surface area contributed by atoms with Gasteiger partial charge in [0.25, 0.3) is 0 Å². The number of allylic oxidation sites excluding steroid dienone is 2. The molecule has 3 aliphatic rings. The van der Waals surface area contributed by atoms with Crippen LogP contribution in [0.3, 0.4) is 0 Å². The van der Waals surface area contributed by atoms with E-state index in [2.05, 4.69) is 19.1 Å². The molecule has 37 heavy (non-hydrogen) atoms. The highest BCUT2D eigenvalue weighted by molar-refractivity contribution is 5.85. The third-order valence-electron chi connectivity index (χ3n) is 7.60. The van der Waals surface area contributed by atoms with Crippen molar-refractivity contribution in [1.82, 2.24) is 0 Å². The Kier molecular flexibility index (Phi) is 13.9. The lowest BCUT2D eigenvalue weighted by atomic mass is 9.90. The van der Waals surface area contributed by atoms with Crippen LogP contribution in [0.2, 0.25) is 0 Å². The molecule has 2 heterocycles. The average molecular weight is 521 g/mol. The summed E-state index contributed by atoms with van der Waals surface area (Å²) in [4.78, 5) is 23.8. The minimum Gasteiger partial charge on any atom is -0.481 e. The number of aliphatic carboxylic acids is 1. The van der Waals surface area contributed by atoms with Crippen LogP contribution in [0, 0.1) is 11.8 Å². The summed E-state index contributed by atoms with van der Waals surface area (Å²) in [5.41, 5.74) is 0. The first-order valence-electron chi connectivity index (χ1n) is 14.7. The number of Topliss-reactive ketones (excluding diaryl/α,β-unsaturated/α-hetero) is 1. The molecule has 0 spiro atoms. The first-order valence-corrected chi connectivity index (χ1v) is 14.7. The first kappa shape index (κ1) is 30.0. The summed E-state index contributed by atoms with van der Waals surface area (Å²) in [6.07, 6.45) is 20.8. The molecule has 1 N–H and O–H groups in total. The lowest BCUT2D eigenvalue weighted by molar-refractivity contribution is -0.192. The van der Waals surface area contributed by atoms with E-state index in [9.17, 15) is 9.59 Å². The fourth-order valence-electron chi connectivity index (χ4n) is 5.46. The van der Waals surface area contributed by atoms with Gasteiger partial charge in [0.1, 0.15) is 5.78 Å². The van der Waals surface area contributed by atoms with Gasteiger partial charge >= 0.3 is 5.97 Å². The summed E-state index contributed by atoms with van der Waals surface area (Å²) in [7, 11) is 0. The van der Waals surface area contributed by atoms with Crippen molar-refractivity contribution in [3.8, 4) is 0 Å². The monoisotopic (exact) mass is 520 g/mol. The fourth-order valence-corrected chi connectivity index (χ4v) is 5.46. The molecule has 3 fully saturated rings. The van der Waals surface area contributed by atoms with Crippen LogP contribution < -0.4 is 0 Å². The summed E-state index contributed by atoms with van der Waals surface area (Å²) >= 11 is 0. The van der Waals surface area contributed by atoms with Gasteiger partial charge in [-0.05, 0) is 64.2 Å². The van der Waals surface area contributed by atoms with Crippen molar-refractivity contribution in [3.63, 3.8) is 0 Å². The molecule has 0 radical (unpaired) electrons. The van der Waals surface area contributed by atoms with Crippen LogP contribution in [-0.2, 0) is 28.5 Å². The van der Waals surface area contributed by atoms with Gasteiger partial charge in [-0.1, -0.05) is 50.5 Å². The fraction of sp³-hybridized carbons (Fsp3) is 0.800. The molecule has 0 amide bonds. The van der Waals surface area contributed by atoms with Gasteiger partial charge in [0.05, 0.1) is 12.2 Å². The maximum atomic E-state index is 13.1. The zero-order valence-electron chi connectivity index (χ0n) is 22.7. The normalized spacial score (nSPS) is 29.9. The molecule has 0 aromatic rings. The van der Waals surface area contributed by atoms with E-state index in [0.29, 0.717) is 32.3 Å². The number of rotatable bonds is 16. The molecule has 3 rings (SSSR count). The van der Waals surface area contributed by atoms with Crippen LogP contribution in [0.25, 0.3) is 0 Å². The van der Waals surface area contributed by atoms with Crippen molar-refractivity contribution < 1.29 is 33.6 Å². The molecular formula is C30H48O7. The maximum absolute atomic E-state index is 13.1. The van der Waals surface area contributed by atoms with Gasteiger partial charge in [-0.3, -0.25) is 9.59 Å². The lowest BCUT2D eigenvalue weighted by Gasteiger charge is -2.29. The minimum absolute atomic E-state index is 0.0359. The highest BCUT2D eigenvalue weighted by Gasteiger charge is 2.42. The predicted octanol–water partition coefficient (Wildman–Crippen LogP) is 6.35. The SMILES string of the molecule is CCCCC[C@@H](/C=C/[C@H]1[C@H](OC2CCCCO2)CC(=O)[C@@H]1C/C=C\CCCC(=O)O)OC1CCCCO1. The first-order chi connectivity index (χ1) is 18.1. The van der Waals surface area contributed by atoms with E-state index in [1.807, 2.05) is 12.2 Å². The quantitative estimate of drug-likeness (QED) is 0.187. The van der Waals surface area contributed by atoms with Crippen molar-refractivity contribution in [1.29, 1.82) is 0 Å². The molecule has 0 aromatic carbocycles. The third kappa shape index (κ3) is 11.0. The number of carbonyl (C=O) groups excluding carboxylic acids is 1. The molecule has 1 aliphatic carbocycles. The standard InChI is InChI=1S/C30H48O7/c1-2-3-6-13-23(36-29-16-9-11-20-34-29)18-19-25-24(14-7-4-5-8-15-28(32)33)26(31)22-27(25)37-30-17-10-12-21-35-30/h4,7,18-19,23-25,27,29-30H,2-3,5-6,8-17,20-22H2,1H3,(H,32,33)/b7-4-,19-18+/t23-,24+,25+,27+,29?,30?/m0/s1. The molecule has 0 bridgehead atoms. The van der Waals surface area contributed by atoms with Crippen LogP contribution in [-0.4, -0.2) is 54.9 Å². The van der Waals surface area contributed by atoms with Gasteiger partial charge < -0.3 is 24.1 Å². The number of hydrogen-bond acceptors (Lipinski definition) is 6. The molecule has 2 saturated heterocycles. The number of carbonyl (C=O) groups is 2. The van der Waals surface area contributed by atoms with E-state index in [1.165, 1.54) is 6.42 Å². The highest BCUT2D eigenvalue weighted by Crippen LogP contribution is 2.37. The van der Waals surface area contributed by atoms with Crippen molar-refractivity contribution in [3.05, 3.63) is 24.3 Å². The molecular weight excluding hydrogens is 472 g/mol. The number of carboxylic acids is 1. The Morgan fingerprint density at radius 2 is 1.81 bits per heavy atom. The van der Waals surface area contributed by atoms with Crippen molar-refractivity contribution >= 4 is 11.8 Å². The van der Waals surface area contributed by atoms with Crippen LogP contribution in [0.1, 0.15) is 103 Å². The topological polar surface area (TPSA) is 91.3 Å². The zero-order chi connectivity index (χ0) is 26.3. The molecule has 6 atom stereocenters. The molecule has 0 aromatic heterocycles. The van der Waals surface area contributed by atoms with Gasteiger partial charge in [0.15, 0.2) is 12.6 Å². The molecule has 2 aliphatic heterocycles. The molecule has 7 nitrogen and oxygen atoms in total. The number of unbranched alkanes of at least 4 members (excludes halogenated alkanes) is 3. The smallest absolute Gasteiger partial charge is 0.303 e. The Hall–Kier alpha value is -1.54. The van der Waals surface area contributed by atoms with Gasteiger partial charge in [0.2, 0.25) is 0 Å². The largest absolute Gasteiger partial charge is 0.481 e. The van der Waals surface area contributed by atoms with Crippen molar-refractivity contribution in [2.24, 2.45) is 11.8 Å². The average Bonchev–Trinajstić information content (AvgIpc) is 3.19. The summed E-state index contributed by atoms with van der Waals surface area (Å²) < 4.78 is 24.4. The van der Waals surface area contributed by atoms with Crippen LogP contribution in [0.5, 0.6) is 0 Å². The van der Waals surface area contributed by atoms with E-state index in [1.54, 1.807) is 0 Å². The summed E-state index contributed by atoms with van der Waals surface area (Å²) in [6, 6.07) is 0. The Balaban J connectivity index is 1.67. The van der Waals surface area contributed by atoms with Gasteiger partial charge in [-0.2, -0.15) is 0 Å². The van der Waals surface area contributed by atoms with Gasteiger partial charge in [-0.15, -0.1) is 0 Å². The van der Waals surface area contributed by atoms with Crippen LogP contribution >= 0.6 is 0 Å². The van der Waals surface area contributed by atoms with E-state index in [4.69, 9.17) is 24.1 Å². The molecule has 1 saturated carbocycles. The van der Waals surface area contributed by atoms with Gasteiger partial charge in [-0.25, -0.2) is 0 Å². The minimum atomic E-state index is -0.774. The summed E-state index contributed by atoms with van der Waals surface area (Å²) in [5.74, 6) is -0.734. The second kappa shape index (κ2) is 17.1. The zero-order valence-corrected chi connectivity index (χ0v) is 22.7. The molecule has 7 heteroatoms. The third-order valence-corrected chi connectivity index (χ3v) is 7.60.